The van der Waals surface area contributed by atoms with Gasteiger partial charge in [-0.1, -0.05) is 0 Å². The van der Waals surface area contributed by atoms with Crippen LogP contribution in [-0.2, 0) is 4.79 Å². The molecule has 5 heteroatoms. The second-order valence-corrected chi connectivity index (χ2v) is 3.87. The van der Waals surface area contributed by atoms with Crippen LogP contribution >= 0.6 is 0 Å². The van der Waals surface area contributed by atoms with Gasteiger partial charge in [0.1, 0.15) is 5.69 Å². The Labute approximate surface area is 97.4 Å². The minimum absolute atomic E-state index is 0.156. The molecular formula is C12H12N2O3. The standard InChI is InChI=1S/C12H12N2O3/c1-6-9-5-8(13-7(2)15)3-4-10(9)14-11(6)12(16)17/h3-5,14H,1-2H3,(H,13,15)(H,16,17). The fraction of sp³-hybridized carbons (Fsp3) is 0.167. The number of benzene rings is 1. The number of anilines is 1. The molecule has 3 N–H and O–H groups in total. The number of amides is 1. The van der Waals surface area contributed by atoms with Crippen LogP contribution < -0.4 is 5.32 Å². The van der Waals surface area contributed by atoms with Crippen molar-refractivity contribution in [1.29, 1.82) is 0 Å². The molecule has 0 aliphatic heterocycles. The molecule has 0 spiro atoms. The Balaban J connectivity index is 2.57. The number of nitrogens with one attached hydrogen (secondary N) is 2. The quantitative estimate of drug-likeness (QED) is 0.741. The number of hydrogen-bond acceptors (Lipinski definition) is 2. The summed E-state index contributed by atoms with van der Waals surface area (Å²) in [5.41, 5.74) is 2.25. The molecule has 0 fully saturated rings. The van der Waals surface area contributed by atoms with Crippen molar-refractivity contribution >= 4 is 28.5 Å². The maximum absolute atomic E-state index is 11.0. The highest BCUT2D eigenvalue weighted by atomic mass is 16.4. The second kappa shape index (κ2) is 3.93. The van der Waals surface area contributed by atoms with Crippen molar-refractivity contribution < 1.29 is 14.7 Å². The lowest BCUT2D eigenvalue weighted by Crippen LogP contribution is -2.05. The summed E-state index contributed by atoms with van der Waals surface area (Å²) in [6.07, 6.45) is 0. The van der Waals surface area contributed by atoms with E-state index in [4.69, 9.17) is 5.11 Å². The number of carbonyl (C=O) groups excluding carboxylic acids is 1. The second-order valence-electron chi connectivity index (χ2n) is 3.87. The number of fused-ring (bicyclic) bond motifs is 1. The first-order chi connectivity index (χ1) is 7.99. The predicted molar refractivity (Wildman–Crippen MR) is 64.3 cm³/mol. The van der Waals surface area contributed by atoms with E-state index in [0.717, 1.165) is 10.9 Å². The maximum atomic E-state index is 11.0. The Kier molecular flexibility index (Phi) is 2.59. The van der Waals surface area contributed by atoms with Crippen LogP contribution in [0, 0.1) is 6.92 Å². The number of aromatic nitrogens is 1. The summed E-state index contributed by atoms with van der Waals surface area (Å²) in [6, 6.07) is 5.24. The third-order valence-electron chi connectivity index (χ3n) is 2.59. The van der Waals surface area contributed by atoms with E-state index in [9.17, 15) is 9.59 Å². The molecule has 2 rings (SSSR count). The average Bonchev–Trinajstić information content (AvgIpc) is 2.56. The summed E-state index contributed by atoms with van der Waals surface area (Å²) in [5, 5.41) is 12.4. The van der Waals surface area contributed by atoms with E-state index in [1.807, 2.05) is 0 Å². The summed E-state index contributed by atoms with van der Waals surface area (Å²) < 4.78 is 0. The number of aromatic amines is 1. The van der Waals surface area contributed by atoms with Crippen molar-refractivity contribution in [2.75, 3.05) is 5.32 Å². The number of rotatable bonds is 2. The van der Waals surface area contributed by atoms with Crippen molar-refractivity contribution in [3.05, 3.63) is 29.5 Å². The van der Waals surface area contributed by atoms with Crippen molar-refractivity contribution in [1.82, 2.24) is 4.98 Å². The number of hydrogen-bond donors (Lipinski definition) is 3. The number of carboxylic acid groups (broad SMARTS) is 1. The molecule has 1 aromatic heterocycles. The average molecular weight is 232 g/mol. The van der Waals surface area contributed by atoms with Gasteiger partial charge < -0.3 is 15.4 Å². The molecule has 88 valence electrons. The Morgan fingerprint density at radius 3 is 2.65 bits per heavy atom. The number of aromatic carboxylic acids is 1. The number of carbonyl (C=O) groups is 2. The smallest absolute Gasteiger partial charge is 0.352 e. The van der Waals surface area contributed by atoms with Gasteiger partial charge in [-0.25, -0.2) is 4.79 Å². The third-order valence-corrected chi connectivity index (χ3v) is 2.59. The first-order valence-electron chi connectivity index (χ1n) is 5.12. The van der Waals surface area contributed by atoms with Crippen LogP contribution in [0.2, 0.25) is 0 Å². The molecule has 1 heterocycles. The number of carboxylic acids is 1. The van der Waals surface area contributed by atoms with Crippen LogP contribution in [0.15, 0.2) is 18.2 Å². The van der Waals surface area contributed by atoms with Crippen LogP contribution in [0.3, 0.4) is 0 Å². The highest BCUT2D eigenvalue weighted by Gasteiger charge is 2.13. The van der Waals surface area contributed by atoms with Gasteiger partial charge in [-0.15, -0.1) is 0 Å². The Morgan fingerprint density at radius 2 is 2.06 bits per heavy atom. The van der Waals surface area contributed by atoms with Crippen molar-refractivity contribution in [2.24, 2.45) is 0 Å². The molecule has 0 aliphatic rings. The summed E-state index contributed by atoms with van der Waals surface area (Å²) in [7, 11) is 0. The minimum atomic E-state index is -0.986. The normalized spacial score (nSPS) is 10.5. The van der Waals surface area contributed by atoms with Gasteiger partial charge in [-0.2, -0.15) is 0 Å². The zero-order valence-electron chi connectivity index (χ0n) is 9.50. The van der Waals surface area contributed by atoms with Gasteiger partial charge in [-0.3, -0.25) is 4.79 Å². The van der Waals surface area contributed by atoms with Crippen LogP contribution in [0.25, 0.3) is 10.9 Å². The molecule has 5 nitrogen and oxygen atoms in total. The largest absolute Gasteiger partial charge is 0.477 e. The Morgan fingerprint density at radius 1 is 1.35 bits per heavy atom. The fourth-order valence-corrected chi connectivity index (χ4v) is 1.82. The maximum Gasteiger partial charge on any atom is 0.352 e. The molecule has 0 aliphatic carbocycles. The van der Waals surface area contributed by atoms with E-state index in [-0.39, 0.29) is 11.6 Å². The van der Waals surface area contributed by atoms with Gasteiger partial charge in [0.05, 0.1) is 0 Å². The van der Waals surface area contributed by atoms with Gasteiger partial charge in [0.15, 0.2) is 0 Å². The van der Waals surface area contributed by atoms with E-state index < -0.39 is 5.97 Å². The topological polar surface area (TPSA) is 82.2 Å². The zero-order chi connectivity index (χ0) is 12.6. The summed E-state index contributed by atoms with van der Waals surface area (Å²) in [5.74, 6) is -1.14. The van der Waals surface area contributed by atoms with Crippen molar-refractivity contribution in [3.63, 3.8) is 0 Å². The zero-order valence-corrected chi connectivity index (χ0v) is 9.50. The molecule has 0 atom stereocenters. The van der Waals surface area contributed by atoms with Crippen LogP contribution in [0.4, 0.5) is 5.69 Å². The molecular weight excluding hydrogens is 220 g/mol. The molecule has 0 saturated heterocycles. The summed E-state index contributed by atoms with van der Waals surface area (Å²) >= 11 is 0. The van der Waals surface area contributed by atoms with Crippen molar-refractivity contribution in [3.8, 4) is 0 Å². The summed E-state index contributed by atoms with van der Waals surface area (Å²) in [4.78, 5) is 24.7. The fourth-order valence-electron chi connectivity index (χ4n) is 1.82. The molecule has 1 aromatic carbocycles. The first-order valence-corrected chi connectivity index (χ1v) is 5.12. The minimum Gasteiger partial charge on any atom is -0.477 e. The Bertz CT molecular complexity index is 613. The molecule has 17 heavy (non-hydrogen) atoms. The van der Waals surface area contributed by atoms with E-state index in [2.05, 4.69) is 10.3 Å². The lowest BCUT2D eigenvalue weighted by atomic mass is 10.1. The summed E-state index contributed by atoms with van der Waals surface area (Å²) in [6.45, 7) is 3.16. The Hall–Kier alpha value is -2.30. The van der Waals surface area contributed by atoms with E-state index in [1.54, 1.807) is 25.1 Å². The monoisotopic (exact) mass is 232 g/mol. The van der Waals surface area contributed by atoms with E-state index in [0.29, 0.717) is 11.3 Å². The lowest BCUT2D eigenvalue weighted by molar-refractivity contribution is -0.114. The van der Waals surface area contributed by atoms with Gasteiger partial charge in [0, 0.05) is 23.5 Å². The van der Waals surface area contributed by atoms with Gasteiger partial charge >= 0.3 is 5.97 Å². The molecule has 0 radical (unpaired) electrons. The molecule has 1 amide bonds. The van der Waals surface area contributed by atoms with E-state index >= 15 is 0 Å². The molecule has 0 unspecified atom stereocenters. The van der Waals surface area contributed by atoms with Crippen LogP contribution in [-0.4, -0.2) is 22.0 Å². The molecule has 0 saturated carbocycles. The SMILES string of the molecule is CC(=O)Nc1ccc2[nH]c(C(=O)O)c(C)c2c1. The highest BCUT2D eigenvalue weighted by Crippen LogP contribution is 2.24. The van der Waals surface area contributed by atoms with Gasteiger partial charge in [0.2, 0.25) is 5.91 Å². The van der Waals surface area contributed by atoms with Gasteiger partial charge in [-0.05, 0) is 30.7 Å². The van der Waals surface area contributed by atoms with Gasteiger partial charge in [0.25, 0.3) is 0 Å². The number of H-pyrrole nitrogens is 1. The predicted octanol–water partition coefficient (Wildman–Crippen LogP) is 2.13. The highest BCUT2D eigenvalue weighted by molar-refractivity contribution is 5.99. The van der Waals surface area contributed by atoms with Crippen LogP contribution in [0.1, 0.15) is 23.0 Å². The number of aryl methyl sites for hydroxylation is 1. The third kappa shape index (κ3) is 1.99. The molecule has 0 bridgehead atoms. The van der Waals surface area contributed by atoms with E-state index in [1.165, 1.54) is 6.92 Å². The lowest BCUT2D eigenvalue weighted by Gasteiger charge is -2.01. The van der Waals surface area contributed by atoms with Crippen LogP contribution in [0.5, 0.6) is 0 Å². The van der Waals surface area contributed by atoms with Crippen molar-refractivity contribution in [2.45, 2.75) is 13.8 Å². The molecule has 2 aromatic rings. The first kappa shape index (κ1) is 11.2.